The Morgan fingerprint density at radius 1 is 1.03 bits per heavy atom. The van der Waals surface area contributed by atoms with Crippen LogP contribution in [0.3, 0.4) is 0 Å². The number of nitro benzene ring substituents is 1. The maximum Gasteiger partial charge on any atom is 0.341 e. The number of thiophene rings is 1. The zero-order valence-corrected chi connectivity index (χ0v) is 18.8. The molecular formula is C25H20N2O5S. The Morgan fingerprint density at radius 2 is 1.73 bits per heavy atom. The van der Waals surface area contributed by atoms with E-state index in [1.165, 1.54) is 23.5 Å². The van der Waals surface area contributed by atoms with Gasteiger partial charge in [-0.3, -0.25) is 14.9 Å². The summed E-state index contributed by atoms with van der Waals surface area (Å²) in [5, 5.41) is 16.0. The number of carbonyl (C=O) groups is 2. The van der Waals surface area contributed by atoms with Crippen molar-refractivity contribution in [2.75, 3.05) is 11.9 Å². The first kappa shape index (κ1) is 22.2. The first-order valence-electron chi connectivity index (χ1n) is 10.2. The molecule has 0 aliphatic heterocycles. The number of nitrogens with zero attached hydrogens (tertiary/aromatic N) is 1. The SMILES string of the molecule is CCOC(=O)c1c(NC(=O)c2cccc3ccccc23)sc(C)c1-c1ccc([N+](=O)[O-])cc1. The highest BCUT2D eigenvalue weighted by molar-refractivity contribution is 7.17. The Kier molecular flexibility index (Phi) is 6.19. The minimum atomic E-state index is -0.566. The fourth-order valence-electron chi connectivity index (χ4n) is 3.72. The second-order valence-corrected chi connectivity index (χ2v) is 8.47. The van der Waals surface area contributed by atoms with Crippen LogP contribution in [-0.2, 0) is 4.74 Å². The molecule has 7 nitrogen and oxygen atoms in total. The molecule has 0 aliphatic rings. The quantitative estimate of drug-likeness (QED) is 0.209. The molecule has 166 valence electrons. The van der Waals surface area contributed by atoms with Crippen LogP contribution in [0.1, 0.15) is 32.5 Å². The topological polar surface area (TPSA) is 98.5 Å². The highest BCUT2D eigenvalue weighted by Crippen LogP contribution is 2.41. The molecule has 0 unspecified atom stereocenters. The molecule has 4 aromatic rings. The largest absolute Gasteiger partial charge is 0.462 e. The van der Waals surface area contributed by atoms with Crippen LogP contribution in [0.5, 0.6) is 0 Å². The monoisotopic (exact) mass is 460 g/mol. The summed E-state index contributed by atoms with van der Waals surface area (Å²) < 4.78 is 5.27. The molecule has 0 fully saturated rings. The van der Waals surface area contributed by atoms with Crippen LogP contribution in [0.4, 0.5) is 10.7 Å². The Labute approximate surface area is 193 Å². The van der Waals surface area contributed by atoms with Crippen LogP contribution in [0.15, 0.2) is 66.7 Å². The van der Waals surface area contributed by atoms with E-state index < -0.39 is 10.9 Å². The second kappa shape index (κ2) is 9.22. The summed E-state index contributed by atoms with van der Waals surface area (Å²) in [4.78, 5) is 37.4. The van der Waals surface area contributed by atoms with E-state index in [1.807, 2.05) is 43.3 Å². The molecule has 8 heteroatoms. The van der Waals surface area contributed by atoms with Gasteiger partial charge >= 0.3 is 5.97 Å². The van der Waals surface area contributed by atoms with Gasteiger partial charge in [-0.2, -0.15) is 0 Å². The number of carbonyl (C=O) groups excluding carboxylic acids is 2. The third-order valence-electron chi connectivity index (χ3n) is 5.19. The molecule has 0 atom stereocenters. The van der Waals surface area contributed by atoms with Gasteiger partial charge < -0.3 is 10.1 Å². The predicted octanol–water partition coefficient (Wildman–Crippen LogP) is 6.21. The van der Waals surface area contributed by atoms with E-state index in [4.69, 9.17) is 4.74 Å². The molecule has 4 rings (SSSR count). The summed E-state index contributed by atoms with van der Waals surface area (Å²) in [6.45, 7) is 3.71. The van der Waals surface area contributed by atoms with Crippen molar-refractivity contribution in [2.45, 2.75) is 13.8 Å². The number of non-ortho nitro benzene ring substituents is 1. The first-order chi connectivity index (χ1) is 15.9. The zero-order valence-electron chi connectivity index (χ0n) is 18.0. The van der Waals surface area contributed by atoms with Crippen molar-refractivity contribution in [3.63, 3.8) is 0 Å². The van der Waals surface area contributed by atoms with Gasteiger partial charge in [0.15, 0.2) is 0 Å². The predicted molar refractivity (Wildman–Crippen MR) is 129 cm³/mol. The van der Waals surface area contributed by atoms with Crippen molar-refractivity contribution in [2.24, 2.45) is 0 Å². The van der Waals surface area contributed by atoms with E-state index in [-0.39, 0.29) is 23.8 Å². The summed E-state index contributed by atoms with van der Waals surface area (Å²) >= 11 is 1.26. The average molecular weight is 461 g/mol. The maximum atomic E-state index is 13.2. The molecule has 3 aromatic carbocycles. The molecule has 1 N–H and O–H groups in total. The molecule has 0 radical (unpaired) electrons. The van der Waals surface area contributed by atoms with Gasteiger partial charge in [-0.15, -0.1) is 11.3 Å². The maximum absolute atomic E-state index is 13.2. The minimum absolute atomic E-state index is 0.0474. The lowest BCUT2D eigenvalue weighted by Crippen LogP contribution is -2.15. The zero-order chi connectivity index (χ0) is 23.5. The van der Waals surface area contributed by atoms with Gasteiger partial charge in [-0.05, 0) is 48.4 Å². The van der Waals surface area contributed by atoms with Gasteiger partial charge in [0, 0.05) is 28.1 Å². The summed E-state index contributed by atoms with van der Waals surface area (Å²) in [6, 6.07) is 19.0. The van der Waals surface area contributed by atoms with Crippen LogP contribution in [0.25, 0.3) is 21.9 Å². The molecule has 0 aliphatic carbocycles. The van der Waals surface area contributed by atoms with Crippen LogP contribution in [-0.4, -0.2) is 23.4 Å². The Balaban J connectivity index is 1.78. The number of esters is 1. The fraction of sp³-hybridized carbons (Fsp3) is 0.120. The Bertz CT molecular complexity index is 1370. The van der Waals surface area contributed by atoms with Gasteiger partial charge in [0.2, 0.25) is 0 Å². The van der Waals surface area contributed by atoms with E-state index in [1.54, 1.807) is 25.1 Å². The van der Waals surface area contributed by atoms with Gasteiger partial charge in [-0.1, -0.05) is 36.4 Å². The number of fused-ring (bicyclic) bond motifs is 1. The van der Waals surface area contributed by atoms with E-state index in [0.29, 0.717) is 21.7 Å². The molecule has 1 heterocycles. The number of amides is 1. The molecule has 1 aromatic heterocycles. The number of anilines is 1. The van der Waals surface area contributed by atoms with Crippen molar-refractivity contribution in [3.8, 4) is 11.1 Å². The third kappa shape index (κ3) is 4.33. The molecule has 0 saturated carbocycles. The molecule has 0 spiro atoms. The van der Waals surface area contributed by atoms with Gasteiger partial charge in [0.25, 0.3) is 11.6 Å². The van der Waals surface area contributed by atoms with Crippen LogP contribution < -0.4 is 5.32 Å². The Hall–Kier alpha value is -4.04. The molecule has 0 saturated heterocycles. The summed E-state index contributed by atoms with van der Waals surface area (Å²) in [7, 11) is 0. The van der Waals surface area contributed by atoms with Gasteiger partial charge in [-0.25, -0.2) is 4.79 Å². The normalized spacial score (nSPS) is 10.7. The number of benzene rings is 3. The smallest absolute Gasteiger partial charge is 0.341 e. The molecule has 1 amide bonds. The third-order valence-corrected chi connectivity index (χ3v) is 6.21. The number of nitrogens with one attached hydrogen (secondary N) is 1. The highest BCUT2D eigenvalue weighted by Gasteiger charge is 2.26. The number of nitro groups is 1. The number of hydrogen-bond acceptors (Lipinski definition) is 6. The molecular weight excluding hydrogens is 440 g/mol. The van der Waals surface area contributed by atoms with E-state index >= 15 is 0 Å². The number of ether oxygens (including phenoxy) is 1. The number of hydrogen-bond donors (Lipinski definition) is 1. The van der Waals surface area contributed by atoms with Crippen molar-refractivity contribution in [3.05, 3.63) is 92.8 Å². The first-order valence-corrected chi connectivity index (χ1v) is 11.1. The van der Waals surface area contributed by atoms with E-state index in [2.05, 4.69) is 5.32 Å². The lowest BCUT2D eigenvalue weighted by atomic mass is 10.0. The van der Waals surface area contributed by atoms with Crippen molar-refractivity contribution < 1.29 is 19.2 Å². The standard InChI is InChI=1S/C25H20N2O5S/c1-3-32-25(29)22-21(17-11-13-18(14-12-17)27(30)31)15(2)33-24(22)26-23(28)20-10-6-8-16-7-4-5-9-19(16)20/h4-14H,3H2,1-2H3,(H,26,28). The van der Waals surface area contributed by atoms with E-state index in [9.17, 15) is 19.7 Å². The fourth-order valence-corrected chi connectivity index (χ4v) is 4.78. The minimum Gasteiger partial charge on any atom is -0.462 e. The summed E-state index contributed by atoms with van der Waals surface area (Å²) in [5.41, 5.74) is 1.89. The van der Waals surface area contributed by atoms with Gasteiger partial charge in [0.05, 0.1) is 11.5 Å². The summed E-state index contributed by atoms with van der Waals surface area (Å²) in [5.74, 6) is -0.905. The second-order valence-electron chi connectivity index (χ2n) is 7.24. The number of rotatable bonds is 6. The highest BCUT2D eigenvalue weighted by atomic mass is 32.1. The van der Waals surface area contributed by atoms with Crippen molar-refractivity contribution in [1.29, 1.82) is 0 Å². The van der Waals surface area contributed by atoms with Crippen LogP contribution in [0.2, 0.25) is 0 Å². The number of aryl methyl sites for hydroxylation is 1. The van der Waals surface area contributed by atoms with Gasteiger partial charge in [0.1, 0.15) is 10.6 Å². The molecule has 33 heavy (non-hydrogen) atoms. The Morgan fingerprint density at radius 3 is 2.42 bits per heavy atom. The average Bonchev–Trinajstić information content (AvgIpc) is 3.14. The van der Waals surface area contributed by atoms with E-state index in [0.717, 1.165) is 15.6 Å². The van der Waals surface area contributed by atoms with Crippen LogP contribution in [0, 0.1) is 17.0 Å². The lowest BCUT2D eigenvalue weighted by Gasteiger charge is -2.10. The molecule has 0 bridgehead atoms. The van der Waals surface area contributed by atoms with Crippen molar-refractivity contribution in [1.82, 2.24) is 0 Å². The summed E-state index contributed by atoms with van der Waals surface area (Å²) in [6.07, 6.45) is 0. The lowest BCUT2D eigenvalue weighted by molar-refractivity contribution is -0.384. The van der Waals surface area contributed by atoms with Crippen molar-refractivity contribution >= 4 is 44.7 Å². The van der Waals surface area contributed by atoms with Crippen LogP contribution >= 0.6 is 11.3 Å².